The predicted molar refractivity (Wildman–Crippen MR) is 119 cm³/mol. The summed E-state index contributed by atoms with van der Waals surface area (Å²) in [4.78, 5) is 14.6. The molecular weight excluding hydrogens is 416 g/mol. The summed E-state index contributed by atoms with van der Waals surface area (Å²) in [7, 11) is -3.58. The number of urea groups is 1. The van der Waals surface area contributed by atoms with Crippen molar-refractivity contribution in [2.45, 2.75) is 33.4 Å². The molecule has 0 bridgehead atoms. The summed E-state index contributed by atoms with van der Waals surface area (Å²) >= 11 is 0. The molecule has 1 aromatic heterocycles. The first kappa shape index (κ1) is 22.4. The molecule has 0 aliphatic rings. The van der Waals surface area contributed by atoms with E-state index < -0.39 is 10.1 Å². The highest BCUT2D eigenvalue weighted by Crippen LogP contribution is 2.18. The van der Waals surface area contributed by atoms with Crippen LogP contribution in [0.25, 0.3) is 0 Å². The van der Waals surface area contributed by atoms with Gasteiger partial charge in [-0.1, -0.05) is 31.2 Å². The Labute approximate surface area is 182 Å². The number of nitrogens with zero attached hydrogens (tertiary/aromatic N) is 1. The van der Waals surface area contributed by atoms with Gasteiger partial charge in [0.25, 0.3) is 0 Å². The third kappa shape index (κ3) is 6.62. The first-order valence-electron chi connectivity index (χ1n) is 10.1. The third-order valence-electron chi connectivity index (χ3n) is 4.70. The topological polar surface area (TPSA) is 88.9 Å². The number of rotatable bonds is 9. The fraction of sp³-hybridized carbons (Fsp3) is 0.261. The number of amides is 2. The summed E-state index contributed by atoms with van der Waals surface area (Å²) in [5, 5.41) is 2.92. The van der Waals surface area contributed by atoms with Gasteiger partial charge in [0.15, 0.2) is 0 Å². The summed E-state index contributed by atoms with van der Waals surface area (Å²) in [6.07, 6.45) is 2.49. The van der Waals surface area contributed by atoms with Gasteiger partial charge in [-0.3, -0.25) is 0 Å². The summed E-state index contributed by atoms with van der Waals surface area (Å²) < 4.78 is 33.7. The zero-order valence-electron chi connectivity index (χ0n) is 17.6. The number of carbonyl (C=O) groups excluding carboxylic acids is 1. The molecule has 3 rings (SSSR count). The summed E-state index contributed by atoms with van der Waals surface area (Å²) in [5.41, 5.74) is 2.72. The molecule has 7 nitrogen and oxygen atoms in total. The number of carbonyl (C=O) groups is 1. The largest absolute Gasteiger partial charge is 0.467 e. The van der Waals surface area contributed by atoms with Crippen LogP contribution in [0.3, 0.4) is 0 Å². The molecule has 0 fully saturated rings. The van der Waals surface area contributed by atoms with Gasteiger partial charge in [0, 0.05) is 12.2 Å². The molecule has 0 saturated carbocycles. The second kappa shape index (κ2) is 10.2. The predicted octanol–water partition coefficient (Wildman–Crippen LogP) is 4.80. The Hall–Kier alpha value is -3.26. The Bertz CT molecular complexity index is 1080. The van der Waals surface area contributed by atoms with E-state index in [1.54, 1.807) is 41.5 Å². The van der Waals surface area contributed by atoms with E-state index in [-0.39, 0.29) is 24.1 Å². The van der Waals surface area contributed by atoms with E-state index in [4.69, 9.17) is 8.60 Å². The van der Waals surface area contributed by atoms with Crippen molar-refractivity contribution in [2.24, 2.45) is 0 Å². The van der Waals surface area contributed by atoms with Crippen molar-refractivity contribution in [3.05, 3.63) is 83.8 Å². The molecule has 164 valence electrons. The SMILES string of the molecule is CCc1ccc(NC(=O)N(Cc2ccc(OS(=O)(=O)CC)cc2)Cc2ccco2)cc1. The number of hydrogen-bond acceptors (Lipinski definition) is 5. The molecule has 0 atom stereocenters. The average Bonchev–Trinajstić information content (AvgIpc) is 3.28. The second-order valence-electron chi connectivity index (χ2n) is 6.99. The van der Waals surface area contributed by atoms with Gasteiger partial charge >= 0.3 is 16.1 Å². The van der Waals surface area contributed by atoms with Gasteiger partial charge < -0.3 is 18.8 Å². The van der Waals surface area contributed by atoms with Crippen molar-refractivity contribution < 1.29 is 21.8 Å². The van der Waals surface area contributed by atoms with E-state index in [0.717, 1.165) is 12.0 Å². The van der Waals surface area contributed by atoms with E-state index in [2.05, 4.69) is 12.2 Å². The average molecular weight is 443 g/mol. The molecule has 0 saturated heterocycles. The van der Waals surface area contributed by atoms with E-state index in [1.807, 2.05) is 30.3 Å². The summed E-state index contributed by atoms with van der Waals surface area (Å²) in [6, 6.07) is 17.7. The monoisotopic (exact) mass is 442 g/mol. The minimum absolute atomic E-state index is 0.106. The van der Waals surface area contributed by atoms with Gasteiger partial charge in [0.05, 0.1) is 18.6 Å². The molecule has 31 heavy (non-hydrogen) atoms. The number of nitrogens with one attached hydrogen (secondary N) is 1. The lowest BCUT2D eigenvalue weighted by Crippen LogP contribution is -2.34. The molecular formula is C23H26N2O5S. The fourth-order valence-electron chi connectivity index (χ4n) is 2.89. The fourth-order valence-corrected chi connectivity index (χ4v) is 3.41. The van der Waals surface area contributed by atoms with Crippen LogP contribution in [0, 0.1) is 0 Å². The normalized spacial score (nSPS) is 11.2. The van der Waals surface area contributed by atoms with Crippen LogP contribution in [0.15, 0.2) is 71.3 Å². The highest BCUT2D eigenvalue weighted by atomic mass is 32.2. The molecule has 0 aliphatic heterocycles. The molecule has 2 amide bonds. The van der Waals surface area contributed by atoms with Gasteiger partial charge in [-0.2, -0.15) is 8.42 Å². The van der Waals surface area contributed by atoms with Gasteiger partial charge in [-0.05, 0) is 60.9 Å². The lowest BCUT2D eigenvalue weighted by molar-refractivity contribution is 0.201. The maximum atomic E-state index is 13.0. The van der Waals surface area contributed by atoms with Crippen LogP contribution in [0.1, 0.15) is 30.7 Å². The Morgan fingerprint density at radius 1 is 0.968 bits per heavy atom. The van der Waals surface area contributed by atoms with Crippen LogP contribution in [-0.4, -0.2) is 25.1 Å². The number of hydrogen-bond donors (Lipinski definition) is 1. The van der Waals surface area contributed by atoms with Crippen LogP contribution in [-0.2, 0) is 29.6 Å². The van der Waals surface area contributed by atoms with Crippen LogP contribution < -0.4 is 9.50 Å². The highest BCUT2D eigenvalue weighted by Gasteiger charge is 2.17. The number of aryl methyl sites for hydroxylation is 1. The van der Waals surface area contributed by atoms with Crippen LogP contribution in [0.5, 0.6) is 5.75 Å². The molecule has 0 unspecified atom stereocenters. The smallest absolute Gasteiger partial charge is 0.322 e. The lowest BCUT2D eigenvalue weighted by Gasteiger charge is -2.22. The van der Waals surface area contributed by atoms with Crippen LogP contribution in [0.4, 0.5) is 10.5 Å². The minimum Gasteiger partial charge on any atom is -0.467 e. The van der Waals surface area contributed by atoms with Gasteiger partial charge in [-0.25, -0.2) is 4.79 Å². The standard InChI is InChI=1S/C23H26N2O5S/c1-3-18-7-11-20(12-8-18)24-23(26)25(17-22-6-5-15-29-22)16-19-9-13-21(14-10-19)30-31(27,28)4-2/h5-15H,3-4,16-17H2,1-2H3,(H,24,26). The zero-order valence-corrected chi connectivity index (χ0v) is 18.4. The van der Waals surface area contributed by atoms with E-state index in [0.29, 0.717) is 18.0 Å². The first-order valence-corrected chi connectivity index (χ1v) is 11.6. The number of furan rings is 1. The van der Waals surface area contributed by atoms with Crippen LogP contribution >= 0.6 is 0 Å². The Morgan fingerprint density at radius 3 is 2.23 bits per heavy atom. The lowest BCUT2D eigenvalue weighted by atomic mass is 10.1. The van der Waals surface area contributed by atoms with Crippen molar-refractivity contribution in [3.63, 3.8) is 0 Å². The second-order valence-corrected chi connectivity index (χ2v) is 8.85. The third-order valence-corrected chi connectivity index (χ3v) is 5.85. The van der Waals surface area contributed by atoms with Crippen molar-refractivity contribution in [1.82, 2.24) is 4.90 Å². The maximum Gasteiger partial charge on any atom is 0.322 e. The van der Waals surface area contributed by atoms with Gasteiger partial charge in [-0.15, -0.1) is 0 Å². The maximum absolute atomic E-state index is 13.0. The molecule has 8 heteroatoms. The van der Waals surface area contributed by atoms with E-state index >= 15 is 0 Å². The van der Waals surface area contributed by atoms with Crippen LogP contribution in [0.2, 0.25) is 0 Å². The summed E-state index contributed by atoms with van der Waals surface area (Å²) in [6.45, 7) is 4.19. The minimum atomic E-state index is -3.58. The van der Waals surface area contributed by atoms with Crippen molar-refractivity contribution >= 4 is 21.8 Å². The van der Waals surface area contributed by atoms with E-state index in [1.165, 1.54) is 12.5 Å². The van der Waals surface area contributed by atoms with Crippen molar-refractivity contribution in [2.75, 3.05) is 11.1 Å². The quantitative estimate of drug-likeness (QED) is 0.481. The molecule has 2 aromatic carbocycles. The molecule has 1 heterocycles. The zero-order chi connectivity index (χ0) is 22.3. The molecule has 1 N–H and O–H groups in total. The van der Waals surface area contributed by atoms with E-state index in [9.17, 15) is 13.2 Å². The molecule has 3 aromatic rings. The highest BCUT2D eigenvalue weighted by molar-refractivity contribution is 7.87. The Kier molecular flexibility index (Phi) is 7.36. The number of benzene rings is 2. The van der Waals surface area contributed by atoms with Gasteiger partial charge in [0.1, 0.15) is 11.5 Å². The molecule has 0 aliphatic carbocycles. The van der Waals surface area contributed by atoms with Crippen molar-refractivity contribution in [1.29, 1.82) is 0 Å². The Morgan fingerprint density at radius 2 is 1.65 bits per heavy atom. The van der Waals surface area contributed by atoms with Gasteiger partial charge in [0.2, 0.25) is 0 Å². The summed E-state index contributed by atoms with van der Waals surface area (Å²) in [5.74, 6) is 0.791. The van der Waals surface area contributed by atoms with Crippen molar-refractivity contribution in [3.8, 4) is 5.75 Å². The molecule has 0 spiro atoms. The Balaban J connectivity index is 1.73. The number of anilines is 1. The molecule has 0 radical (unpaired) electrons. The first-order chi connectivity index (χ1) is 14.9.